The van der Waals surface area contributed by atoms with Gasteiger partial charge >= 0.3 is 5.69 Å². The van der Waals surface area contributed by atoms with E-state index in [0.29, 0.717) is 29.0 Å². The molecule has 9 heteroatoms. The van der Waals surface area contributed by atoms with Crippen LogP contribution in [-0.2, 0) is 24.4 Å². The van der Waals surface area contributed by atoms with Gasteiger partial charge in [-0.25, -0.2) is 9.18 Å². The quantitative estimate of drug-likeness (QED) is 0.476. The number of nitrogens with zero attached hydrogens (tertiary/aromatic N) is 4. The molecule has 0 atom stereocenters. The number of carbonyl (C=O) groups is 1. The van der Waals surface area contributed by atoms with Crippen LogP contribution < -0.4 is 16.6 Å². The van der Waals surface area contributed by atoms with Crippen LogP contribution in [-0.4, -0.2) is 24.8 Å². The summed E-state index contributed by atoms with van der Waals surface area (Å²) in [7, 11) is 0. The van der Waals surface area contributed by atoms with Crippen LogP contribution in [0.1, 0.15) is 29.3 Å². The van der Waals surface area contributed by atoms with Crippen molar-refractivity contribution in [2.75, 3.05) is 5.32 Å². The van der Waals surface area contributed by atoms with Gasteiger partial charge in [0.1, 0.15) is 17.9 Å². The van der Waals surface area contributed by atoms with Crippen LogP contribution in [0.25, 0.3) is 11.0 Å². The minimum atomic E-state index is -0.629. The summed E-state index contributed by atoms with van der Waals surface area (Å²) in [4.78, 5) is 39.7. The third-order valence-corrected chi connectivity index (χ3v) is 5.92. The molecule has 0 aliphatic carbocycles. The van der Waals surface area contributed by atoms with Gasteiger partial charge in [0.2, 0.25) is 5.91 Å². The number of carbonyl (C=O) groups excluding carboxylic acids is 1. The molecule has 1 N–H and O–H groups in total. The van der Waals surface area contributed by atoms with E-state index in [4.69, 9.17) is 0 Å². The molecule has 0 aliphatic rings. The van der Waals surface area contributed by atoms with Crippen molar-refractivity contribution in [1.82, 2.24) is 18.9 Å². The van der Waals surface area contributed by atoms with E-state index in [1.54, 1.807) is 13.0 Å². The fraction of sp³-hybridized carbons (Fsp3) is 0.280. The van der Waals surface area contributed by atoms with E-state index in [-0.39, 0.29) is 18.6 Å². The second-order valence-corrected chi connectivity index (χ2v) is 8.33. The van der Waals surface area contributed by atoms with Crippen molar-refractivity contribution in [3.8, 4) is 0 Å². The Bertz CT molecular complexity index is 1510. The molecule has 0 spiro atoms. The molecule has 2 heterocycles. The largest absolute Gasteiger partial charge is 0.332 e. The lowest BCUT2D eigenvalue weighted by atomic mass is 10.1. The lowest BCUT2D eigenvalue weighted by Crippen LogP contribution is -2.42. The molecule has 4 aromatic rings. The van der Waals surface area contributed by atoms with E-state index in [1.165, 1.54) is 33.5 Å². The van der Waals surface area contributed by atoms with E-state index in [1.807, 2.05) is 32.9 Å². The lowest BCUT2D eigenvalue weighted by Gasteiger charge is -2.14. The summed E-state index contributed by atoms with van der Waals surface area (Å²) in [6.45, 7) is 7.56. The summed E-state index contributed by atoms with van der Waals surface area (Å²) < 4.78 is 17.2. The summed E-state index contributed by atoms with van der Waals surface area (Å²) in [5, 5.41) is 7.23. The van der Waals surface area contributed by atoms with E-state index < -0.39 is 23.0 Å². The van der Waals surface area contributed by atoms with E-state index in [0.717, 1.165) is 15.7 Å². The zero-order valence-electron chi connectivity index (χ0n) is 19.6. The first-order valence-electron chi connectivity index (χ1n) is 11.0. The van der Waals surface area contributed by atoms with Crippen LogP contribution in [0.4, 0.5) is 10.1 Å². The van der Waals surface area contributed by atoms with Crippen molar-refractivity contribution in [3.63, 3.8) is 0 Å². The lowest BCUT2D eigenvalue weighted by molar-refractivity contribution is -0.116. The van der Waals surface area contributed by atoms with Gasteiger partial charge in [0.25, 0.3) is 5.56 Å². The highest BCUT2D eigenvalue weighted by molar-refractivity contribution is 5.91. The van der Waals surface area contributed by atoms with Crippen LogP contribution in [0.5, 0.6) is 0 Å². The van der Waals surface area contributed by atoms with Crippen molar-refractivity contribution >= 4 is 22.6 Å². The van der Waals surface area contributed by atoms with Gasteiger partial charge in [-0.1, -0.05) is 18.2 Å². The van der Waals surface area contributed by atoms with Gasteiger partial charge in [-0.15, -0.1) is 0 Å². The maximum Gasteiger partial charge on any atom is 0.332 e. The molecule has 34 heavy (non-hydrogen) atoms. The molecule has 4 rings (SSSR count). The molecule has 0 saturated heterocycles. The molecule has 176 valence electrons. The zero-order valence-corrected chi connectivity index (χ0v) is 19.6. The average Bonchev–Trinajstić information content (AvgIpc) is 3.14. The Balaban J connectivity index is 1.81. The monoisotopic (exact) mass is 463 g/mol. The SMILES string of the molecule is CCn1nc(C)c2c1c(=O)n(Cc1ccc(F)cc1)c(=O)n2CC(=O)Nc1ccc(C)c(C)c1. The van der Waals surface area contributed by atoms with Gasteiger partial charge in [-0.2, -0.15) is 5.10 Å². The van der Waals surface area contributed by atoms with E-state index in [9.17, 15) is 18.8 Å². The Morgan fingerprint density at radius 1 is 0.971 bits per heavy atom. The fourth-order valence-corrected chi connectivity index (χ4v) is 4.01. The molecular formula is C25H26FN5O3. The van der Waals surface area contributed by atoms with Gasteiger partial charge in [0, 0.05) is 12.2 Å². The number of hydrogen-bond donors (Lipinski definition) is 1. The molecule has 0 unspecified atom stereocenters. The van der Waals surface area contributed by atoms with Crippen LogP contribution in [0, 0.1) is 26.6 Å². The maximum atomic E-state index is 13.4. The Morgan fingerprint density at radius 3 is 2.32 bits per heavy atom. The second kappa shape index (κ2) is 9.09. The maximum absolute atomic E-state index is 13.4. The highest BCUT2D eigenvalue weighted by atomic mass is 19.1. The molecule has 2 aromatic heterocycles. The number of halogens is 1. The summed E-state index contributed by atoms with van der Waals surface area (Å²) in [6.07, 6.45) is 0. The van der Waals surface area contributed by atoms with Crippen LogP contribution in [0.15, 0.2) is 52.1 Å². The second-order valence-electron chi connectivity index (χ2n) is 8.33. The Morgan fingerprint density at radius 2 is 1.68 bits per heavy atom. The zero-order chi connectivity index (χ0) is 24.6. The van der Waals surface area contributed by atoms with Crippen molar-refractivity contribution in [1.29, 1.82) is 0 Å². The molecule has 0 fully saturated rings. The Kier molecular flexibility index (Phi) is 6.19. The molecule has 1 amide bonds. The first kappa shape index (κ1) is 23.2. The molecule has 2 aromatic carbocycles. The number of hydrogen-bond acceptors (Lipinski definition) is 4. The number of rotatable bonds is 6. The van der Waals surface area contributed by atoms with Gasteiger partial charge in [-0.3, -0.25) is 23.4 Å². The van der Waals surface area contributed by atoms with Crippen LogP contribution in [0.3, 0.4) is 0 Å². The van der Waals surface area contributed by atoms with Crippen LogP contribution in [0.2, 0.25) is 0 Å². The van der Waals surface area contributed by atoms with Crippen LogP contribution >= 0.6 is 0 Å². The number of aromatic nitrogens is 4. The van der Waals surface area contributed by atoms with Gasteiger partial charge in [0.15, 0.2) is 5.52 Å². The Hall–Kier alpha value is -4.01. The van der Waals surface area contributed by atoms with Crippen molar-refractivity contribution in [3.05, 3.63) is 91.5 Å². The minimum Gasteiger partial charge on any atom is -0.325 e. The number of aryl methyl sites for hydroxylation is 4. The molecular weight excluding hydrogens is 437 g/mol. The minimum absolute atomic E-state index is 0.0550. The predicted octanol–water partition coefficient (Wildman–Crippen LogP) is 3.13. The number of nitrogens with one attached hydrogen (secondary N) is 1. The molecule has 0 aliphatic heterocycles. The first-order chi connectivity index (χ1) is 16.2. The number of amides is 1. The fourth-order valence-electron chi connectivity index (χ4n) is 4.01. The summed E-state index contributed by atoms with van der Waals surface area (Å²) in [6, 6.07) is 11.2. The van der Waals surface area contributed by atoms with E-state index >= 15 is 0 Å². The first-order valence-corrected chi connectivity index (χ1v) is 11.0. The molecule has 0 bridgehead atoms. The normalized spacial score (nSPS) is 11.2. The average molecular weight is 464 g/mol. The van der Waals surface area contributed by atoms with E-state index in [2.05, 4.69) is 10.4 Å². The summed E-state index contributed by atoms with van der Waals surface area (Å²) in [5.74, 6) is -0.811. The molecule has 8 nitrogen and oxygen atoms in total. The molecule has 0 radical (unpaired) electrons. The highest BCUT2D eigenvalue weighted by Gasteiger charge is 2.21. The highest BCUT2D eigenvalue weighted by Crippen LogP contribution is 2.16. The third kappa shape index (κ3) is 4.28. The van der Waals surface area contributed by atoms with Crippen molar-refractivity contribution < 1.29 is 9.18 Å². The topological polar surface area (TPSA) is 90.9 Å². The molecule has 0 saturated carbocycles. The third-order valence-electron chi connectivity index (χ3n) is 5.92. The van der Waals surface area contributed by atoms with Gasteiger partial charge in [-0.05, 0) is 68.7 Å². The van der Waals surface area contributed by atoms with Crippen molar-refractivity contribution in [2.45, 2.75) is 47.3 Å². The predicted molar refractivity (Wildman–Crippen MR) is 129 cm³/mol. The smallest absolute Gasteiger partial charge is 0.325 e. The standard InChI is InChI=1S/C25H26FN5O3/c1-5-31-23-22(17(4)28-31)29(14-21(32)27-20-11-6-15(2)16(3)12-20)25(34)30(24(23)33)13-18-7-9-19(26)10-8-18/h6-12H,5,13-14H2,1-4H3,(H,27,32). The summed E-state index contributed by atoms with van der Waals surface area (Å²) in [5.41, 5.74) is 3.29. The van der Waals surface area contributed by atoms with Gasteiger partial charge < -0.3 is 5.32 Å². The summed E-state index contributed by atoms with van der Waals surface area (Å²) >= 11 is 0. The number of fused-ring (bicyclic) bond motifs is 1. The van der Waals surface area contributed by atoms with Gasteiger partial charge in [0.05, 0.1) is 12.2 Å². The Labute approximate surface area is 195 Å². The number of benzene rings is 2. The van der Waals surface area contributed by atoms with Crippen molar-refractivity contribution in [2.24, 2.45) is 0 Å². The number of anilines is 1.